The summed E-state index contributed by atoms with van der Waals surface area (Å²) in [6, 6.07) is 16.4. The molecule has 0 fully saturated rings. The lowest BCUT2D eigenvalue weighted by molar-refractivity contribution is 0.0600. The zero-order chi connectivity index (χ0) is 19.2. The molecule has 0 saturated carbocycles. The van der Waals surface area contributed by atoms with Crippen molar-refractivity contribution in [2.75, 3.05) is 12.4 Å². The van der Waals surface area contributed by atoms with Crippen LogP contribution in [0, 0.1) is 0 Å². The van der Waals surface area contributed by atoms with E-state index in [0.29, 0.717) is 23.5 Å². The predicted octanol–water partition coefficient (Wildman–Crippen LogP) is 3.53. The summed E-state index contributed by atoms with van der Waals surface area (Å²) in [6.07, 6.45) is 2.65. The van der Waals surface area contributed by atoms with E-state index < -0.39 is 5.97 Å². The second-order valence-corrected chi connectivity index (χ2v) is 6.07. The van der Waals surface area contributed by atoms with Crippen LogP contribution in [0.5, 0.6) is 0 Å². The van der Waals surface area contributed by atoms with Gasteiger partial charge in [0.2, 0.25) is 0 Å². The molecule has 3 rings (SSSR count). The van der Waals surface area contributed by atoms with Crippen molar-refractivity contribution in [3.05, 3.63) is 83.0 Å². The van der Waals surface area contributed by atoms with E-state index in [1.807, 2.05) is 0 Å². The fourth-order valence-electron chi connectivity index (χ4n) is 2.68. The number of benzene rings is 2. The molecule has 0 unspecified atom stereocenters. The summed E-state index contributed by atoms with van der Waals surface area (Å²) < 4.78 is 6.40. The number of esters is 1. The molecule has 3 aromatic rings. The Labute approximate surface area is 157 Å². The van der Waals surface area contributed by atoms with Crippen molar-refractivity contribution in [3.8, 4) is 0 Å². The Bertz CT molecular complexity index is 928. The second-order valence-electron chi connectivity index (χ2n) is 6.07. The number of rotatable bonds is 6. The largest absolute Gasteiger partial charge is 0.465 e. The number of nitrogens with zero attached hydrogens (tertiary/aromatic N) is 2. The maximum absolute atomic E-state index is 12.5. The highest BCUT2D eigenvalue weighted by molar-refractivity contribution is 6.04. The molecule has 2 aromatic carbocycles. The molecule has 0 aliphatic rings. The van der Waals surface area contributed by atoms with Crippen molar-refractivity contribution in [1.82, 2.24) is 9.78 Å². The molecule has 6 heteroatoms. The molecule has 0 bridgehead atoms. The maximum atomic E-state index is 12.5. The third kappa shape index (κ3) is 4.41. The van der Waals surface area contributed by atoms with Gasteiger partial charge in [-0.3, -0.25) is 4.79 Å². The highest BCUT2D eigenvalue weighted by Gasteiger charge is 2.12. The van der Waals surface area contributed by atoms with Gasteiger partial charge in [0.15, 0.2) is 0 Å². The number of aryl methyl sites for hydroxylation is 1. The number of hydrogen-bond acceptors (Lipinski definition) is 4. The lowest BCUT2D eigenvalue weighted by Crippen LogP contribution is -2.16. The summed E-state index contributed by atoms with van der Waals surface area (Å²) in [4.78, 5) is 24.0. The monoisotopic (exact) mass is 363 g/mol. The molecule has 0 spiro atoms. The van der Waals surface area contributed by atoms with Crippen LogP contribution in [-0.2, 0) is 17.7 Å². The lowest BCUT2D eigenvalue weighted by atomic mass is 10.1. The van der Waals surface area contributed by atoms with Crippen molar-refractivity contribution < 1.29 is 14.3 Å². The molecule has 1 N–H and O–H groups in total. The third-order valence-corrected chi connectivity index (χ3v) is 4.29. The summed E-state index contributed by atoms with van der Waals surface area (Å²) in [6.45, 7) is 2.68. The van der Waals surface area contributed by atoms with Gasteiger partial charge in [-0.15, -0.1) is 0 Å². The topological polar surface area (TPSA) is 73.2 Å². The van der Waals surface area contributed by atoms with Gasteiger partial charge in [-0.05, 0) is 41.8 Å². The smallest absolute Gasteiger partial charge is 0.337 e. The summed E-state index contributed by atoms with van der Waals surface area (Å²) in [7, 11) is 1.32. The first-order valence-electron chi connectivity index (χ1n) is 8.70. The number of carbonyl (C=O) groups is 2. The molecule has 138 valence electrons. The number of ether oxygens (including phenoxy) is 1. The van der Waals surface area contributed by atoms with Crippen LogP contribution in [0.15, 0.2) is 60.8 Å². The van der Waals surface area contributed by atoms with Crippen molar-refractivity contribution in [3.63, 3.8) is 0 Å². The third-order valence-electron chi connectivity index (χ3n) is 4.29. The quantitative estimate of drug-likeness (QED) is 0.680. The van der Waals surface area contributed by atoms with Crippen LogP contribution in [0.3, 0.4) is 0 Å². The molecule has 0 atom stereocenters. The second kappa shape index (κ2) is 8.31. The molecule has 1 amide bonds. The van der Waals surface area contributed by atoms with E-state index in [4.69, 9.17) is 0 Å². The number of aromatic nitrogens is 2. The van der Waals surface area contributed by atoms with Crippen LogP contribution in [0.1, 0.15) is 38.8 Å². The number of anilines is 1. The van der Waals surface area contributed by atoms with Gasteiger partial charge < -0.3 is 10.1 Å². The molecular weight excluding hydrogens is 342 g/mol. The van der Waals surface area contributed by atoms with Crippen LogP contribution in [0.2, 0.25) is 0 Å². The van der Waals surface area contributed by atoms with Gasteiger partial charge in [0.05, 0.1) is 25.4 Å². The SMILES string of the molecule is CCc1ccc(Cn2nccc2NC(=O)c2ccc(C(=O)OC)cc2)cc1. The minimum Gasteiger partial charge on any atom is -0.465 e. The number of methoxy groups -OCH3 is 1. The van der Waals surface area contributed by atoms with Gasteiger partial charge in [-0.1, -0.05) is 31.2 Å². The van der Waals surface area contributed by atoms with Crippen LogP contribution >= 0.6 is 0 Å². The van der Waals surface area contributed by atoms with Gasteiger partial charge in [-0.2, -0.15) is 5.10 Å². The van der Waals surface area contributed by atoms with Crippen molar-refractivity contribution in [1.29, 1.82) is 0 Å². The van der Waals surface area contributed by atoms with E-state index in [9.17, 15) is 9.59 Å². The van der Waals surface area contributed by atoms with Crippen LogP contribution in [0.4, 0.5) is 5.82 Å². The zero-order valence-electron chi connectivity index (χ0n) is 15.3. The molecule has 27 heavy (non-hydrogen) atoms. The minimum absolute atomic E-state index is 0.269. The van der Waals surface area contributed by atoms with Crippen molar-refractivity contribution >= 4 is 17.7 Å². The first-order valence-corrected chi connectivity index (χ1v) is 8.70. The molecule has 1 aromatic heterocycles. The molecular formula is C21H21N3O3. The molecule has 0 aliphatic carbocycles. The Morgan fingerprint density at radius 2 is 1.59 bits per heavy atom. The standard InChI is InChI=1S/C21H21N3O3/c1-3-15-4-6-16(7-5-15)14-24-19(12-13-22-24)23-20(25)17-8-10-18(11-9-17)21(26)27-2/h4-13H,3,14H2,1-2H3,(H,23,25). The average Bonchev–Trinajstić information content (AvgIpc) is 3.14. The first kappa shape index (κ1) is 18.4. The zero-order valence-corrected chi connectivity index (χ0v) is 15.3. The molecule has 1 heterocycles. The summed E-state index contributed by atoms with van der Waals surface area (Å²) in [5, 5.41) is 7.15. The Morgan fingerprint density at radius 1 is 0.963 bits per heavy atom. The highest BCUT2D eigenvalue weighted by Crippen LogP contribution is 2.14. The summed E-state index contributed by atoms with van der Waals surface area (Å²) in [5.41, 5.74) is 3.23. The van der Waals surface area contributed by atoms with Gasteiger partial charge in [0, 0.05) is 11.6 Å². The number of nitrogens with one attached hydrogen (secondary N) is 1. The fraction of sp³-hybridized carbons (Fsp3) is 0.190. The summed E-state index contributed by atoms with van der Waals surface area (Å²) >= 11 is 0. The Kier molecular flexibility index (Phi) is 5.66. The van der Waals surface area contributed by atoms with Gasteiger partial charge in [-0.25, -0.2) is 9.48 Å². The number of hydrogen-bond donors (Lipinski definition) is 1. The lowest BCUT2D eigenvalue weighted by Gasteiger charge is -2.10. The van der Waals surface area contributed by atoms with Gasteiger partial charge in [0.1, 0.15) is 5.82 Å². The fourth-order valence-corrected chi connectivity index (χ4v) is 2.68. The molecule has 0 saturated heterocycles. The first-order chi connectivity index (χ1) is 13.1. The van der Waals surface area contributed by atoms with E-state index >= 15 is 0 Å². The van der Waals surface area contributed by atoms with Crippen LogP contribution in [0.25, 0.3) is 0 Å². The maximum Gasteiger partial charge on any atom is 0.337 e. The normalized spacial score (nSPS) is 10.4. The number of amides is 1. The van der Waals surface area contributed by atoms with Gasteiger partial charge in [0.25, 0.3) is 5.91 Å². The van der Waals surface area contributed by atoms with Crippen molar-refractivity contribution in [2.45, 2.75) is 19.9 Å². The molecule has 0 radical (unpaired) electrons. The minimum atomic E-state index is -0.436. The predicted molar refractivity (Wildman–Crippen MR) is 103 cm³/mol. The average molecular weight is 363 g/mol. The van der Waals surface area contributed by atoms with E-state index in [2.05, 4.69) is 46.3 Å². The number of carbonyl (C=O) groups excluding carboxylic acids is 2. The van der Waals surface area contributed by atoms with E-state index in [-0.39, 0.29) is 5.91 Å². The Balaban J connectivity index is 1.70. The van der Waals surface area contributed by atoms with E-state index in [1.165, 1.54) is 12.7 Å². The highest BCUT2D eigenvalue weighted by atomic mass is 16.5. The van der Waals surface area contributed by atoms with Gasteiger partial charge >= 0.3 is 5.97 Å². The molecule has 6 nitrogen and oxygen atoms in total. The van der Waals surface area contributed by atoms with E-state index in [1.54, 1.807) is 41.2 Å². The Hall–Kier alpha value is -3.41. The summed E-state index contributed by atoms with van der Waals surface area (Å²) in [5.74, 6) is -0.0970. The van der Waals surface area contributed by atoms with Crippen molar-refractivity contribution in [2.24, 2.45) is 0 Å². The van der Waals surface area contributed by atoms with Crippen LogP contribution < -0.4 is 5.32 Å². The van der Waals surface area contributed by atoms with E-state index in [0.717, 1.165) is 12.0 Å². The Morgan fingerprint density at radius 3 is 2.22 bits per heavy atom. The molecule has 0 aliphatic heterocycles. The van der Waals surface area contributed by atoms with Crippen LogP contribution in [-0.4, -0.2) is 28.8 Å².